The first-order valence-electron chi connectivity index (χ1n) is 11.3. The van der Waals surface area contributed by atoms with Gasteiger partial charge in [0.25, 0.3) is 0 Å². The lowest BCUT2D eigenvalue weighted by molar-refractivity contribution is -0.147. The molecule has 4 aliphatic rings. The summed E-state index contributed by atoms with van der Waals surface area (Å²) in [7, 11) is 1.76. The lowest BCUT2D eigenvalue weighted by atomic mass is 9.78. The molecule has 0 aromatic carbocycles. The van der Waals surface area contributed by atoms with Crippen LogP contribution in [0.3, 0.4) is 0 Å². The lowest BCUT2D eigenvalue weighted by Gasteiger charge is -2.39. The summed E-state index contributed by atoms with van der Waals surface area (Å²) in [6.45, 7) is 6.72. The van der Waals surface area contributed by atoms with Crippen molar-refractivity contribution in [1.29, 1.82) is 0 Å². The number of nitrogens with zero attached hydrogens (tertiary/aromatic N) is 3. The zero-order valence-corrected chi connectivity index (χ0v) is 19.5. The van der Waals surface area contributed by atoms with Crippen LogP contribution in [-0.4, -0.2) is 92.4 Å². The number of rotatable bonds is 5. The molecule has 0 aromatic heterocycles. The van der Waals surface area contributed by atoms with Gasteiger partial charge in [-0.1, -0.05) is 37.6 Å². The third-order valence-corrected chi connectivity index (χ3v) is 9.05. The molecule has 1 spiro atoms. The summed E-state index contributed by atoms with van der Waals surface area (Å²) in [5.41, 5.74) is 0. The first-order chi connectivity index (χ1) is 14.8. The Morgan fingerprint density at radius 2 is 1.87 bits per heavy atom. The Hall–Kier alpha value is -1.80. The molecular weight excluding hydrogens is 414 g/mol. The Morgan fingerprint density at radius 1 is 1.13 bits per heavy atom. The van der Waals surface area contributed by atoms with E-state index in [2.05, 4.69) is 6.92 Å². The van der Waals surface area contributed by atoms with E-state index in [0.29, 0.717) is 13.1 Å². The summed E-state index contributed by atoms with van der Waals surface area (Å²) in [5, 5.41) is 9.78. The highest BCUT2D eigenvalue weighted by molar-refractivity contribution is 8.02. The molecule has 0 radical (unpaired) electrons. The van der Waals surface area contributed by atoms with Crippen molar-refractivity contribution < 1.29 is 19.5 Å². The summed E-state index contributed by atoms with van der Waals surface area (Å²) < 4.78 is -0.800. The zero-order valence-electron chi connectivity index (χ0n) is 18.7. The molecule has 7 nitrogen and oxygen atoms in total. The summed E-state index contributed by atoms with van der Waals surface area (Å²) >= 11 is 1.58. The van der Waals surface area contributed by atoms with E-state index < -0.39 is 28.7 Å². The van der Waals surface area contributed by atoms with Crippen LogP contribution in [0.5, 0.6) is 0 Å². The molecule has 1 N–H and O–H groups in total. The molecule has 0 saturated carbocycles. The van der Waals surface area contributed by atoms with Crippen LogP contribution in [0.2, 0.25) is 0 Å². The summed E-state index contributed by atoms with van der Waals surface area (Å²) in [4.78, 5) is 46.2. The maximum atomic E-state index is 14.0. The number of hydrogen-bond donors (Lipinski definition) is 1. The van der Waals surface area contributed by atoms with E-state index in [1.165, 1.54) is 0 Å². The van der Waals surface area contributed by atoms with Crippen molar-refractivity contribution in [2.45, 2.75) is 61.7 Å². The molecule has 0 aromatic rings. The van der Waals surface area contributed by atoms with Gasteiger partial charge in [0.05, 0.1) is 29.2 Å². The van der Waals surface area contributed by atoms with Crippen molar-refractivity contribution in [2.75, 3.05) is 26.7 Å². The Kier molecular flexibility index (Phi) is 5.98. The maximum Gasteiger partial charge on any atom is 0.247 e. The zero-order chi connectivity index (χ0) is 22.5. The first kappa shape index (κ1) is 22.4. The minimum Gasteiger partial charge on any atom is -0.394 e. The molecule has 170 valence electrons. The molecule has 4 heterocycles. The van der Waals surface area contributed by atoms with Gasteiger partial charge in [-0.05, 0) is 20.3 Å². The monoisotopic (exact) mass is 447 g/mol. The molecule has 2 fully saturated rings. The minimum absolute atomic E-state index is 0.0451. The highest BCUT2D eigenvalue weighted by Crippen LogP contribution is 2.61. The van der Waals surface area contributed by atoms with E-state index in [1.807, 2.05) is 36.1 Å². The molecule has 31 heavy (non-hydrogen) atoms. The fraction of sp³-hybridized carbons (Fsp3) is 0.696. The molecule has 4 rings (SSSR count). The molecule has 0 bridgehead atoms. The largest absolute Gasteiger partial charge is 0.394 e. The van der Waals surface area contributed by atoms with Crippen LogP contribution in [0.25, 0.3) is 0 Å². The normalized spacial score (nSPS) is 36.8. The van der Waals surface area contributed by atoms with Gasteiger partial charge in [-0.15, -0.1) is 11.8 Å². The average Bonchev–Trinajstić information content (AvgIpc) is 3.07. The Labute approximate surface area is 188 Å². The van der Waals surface area contributed by atoms with E-state index in [1.54, 1.807) is 35.5 Å². The number of likely N-dealkylation sites (tertiary alicyclic amines) is 1. The van der Waals surface area contributed by atoms with Gasteiger partial charge >= 0.3 is 0 Å². The highest BCUT2D eigenvalue weighted by atomic mass is 32.2. The van der Waals surface area contributed by atoms with Gasteiger partial charge in [0, 0.05) is 31.4 Å². The van der Waals surface area contributed by atoms with E-state index in [9.17, 15) is 19.5 Å². The number of hydrogen-bond acceptors (Lipinski definition) is 5. The second-order valence-corrected chi connectivity index (χ2v) is 10.8. The predicted octanol–water partition coefficient (Wildman–Crippen LogP) is 1.28. The van der Waals surface area contributed by atoms with Gasteiger partial charge in [-0.2, -0.15) is 0 Å². The van der Waals surface area contributed by atoms with Gasteiger partial charge in [0.2, 0.25) is 17.7 Å². The van der Waals surface area contributed by atoms with E-state index in [0.717, 1.165) is 12.8 Å². The lowest BCUT2D eigenvalue weighted by Crippen LogP contribution is -2.57. The van der Waals surface area contributed by atoms with Crippen LogP contribution in [0.1, 0.15) is 33.6 Å². The number of aliphatic hydroxyl groups is 1. The van der Waals surface area contributed by atoms with Crippen LogP contribution in [-0.2, 0) is 14.4 Å². The highest BCUT2D eigenvalue weighted by Gasteiger charge is 2.71. The van der Waals surface area contributed by atoms with Crippen LogP contribution < -0.4 is 0 Å². The number of thioether (sulfide) groups is 1. The third kappa shape index (κ3) is 3.25. The number of carbonyl (C=O) groups excluding carboxylic acids is 3. The third-order valence-electron chi connectivity index (χ3n) is 7.31. The Balaban J connectivity index is 1.83. The van der Waals surface area contributed by atoms with Crippen LogP contribution in [0.15, 0.2) is 24.3 Å². The standard InChI is InChI=1S/C23H33N3O4S/c1-5-8-14(2)25-12-7-10-23-18(17-16(31-23)9-6-11-24(4)20(17)28)21(29)26(15(3)13-27)19(23)22(25)30/h6-7,9-10,14-19,27H,5,8,11-13H2,1-4H3/t14?,15-,16+,17-,18+,19?,23+/m1/s1. The minimum atomic E-state index is -0.800. The maximum absolute atomic E-state index is 14.0. The molecule has 0 aliphatic carbocycles. The van der Waals surface area contributed by atoms with Crippen LogP contribution in [0.4, 0.5) is 0 Å². The molecule has 7 atom stereocenters. The van der Waals surface area contributed by atoms with Crippen LogP contribution in [0, 0.1) is 11.8 Å². The molecule has 2 saturated heterocycles. The SMILES string of the molecule is CCCC(C)N1CC=C[C@]23S[C@H]4C=CCN(C)C(=O)[C@H]4[C@H]2C(=O)N([C@H](C)CO)C3C1=O. The number of likely N-dealkylation sites (N-methyl/N-ethyl adjacent to an activating group) is 1. The fourth-order valence-electron chi connectivity index (χ4n) is 5.75. The molecule has 8 heteroatoms. The van der Waals surface area contributed by atoms with Gasteiger partial charge < -0.3 is 19.8 Å². The van der Waals surface area contributed by atoms with Gasteiger partial charge in [0.15, 0.2) is 0 Å². The van der Waals surface area contributed by atoms with Crippen LogP contribution >= 0.6 is 11.8 Å². The first-order valence-corrected chi connectivity index (χ1v) is 12.2. The Bertz CT molecular complexity index is 830. The number of amides is 3. The molecular formula is C23H33N3O4S. The quantitative estimate of drug-likeness (QED) is 0.642. The van der Waals surface area contributed by atoms with Crippen molar-refractivity contribution >= 4 is 29.5 Å². The van der Waals surface area contributed by atoms with Crippen molar-refractivity contribution in [3.05, 3.63) is 24.3 Å². The van der Waals surface area contributed by atoms with Crippen molar-refractivity contribution in [3.8, 4) is 0 Å². The van der Waals surface area contributed by atoms with Crippen molar-refractivity contribution in [1.82, 2.24) is 14.7 Å². The van der Waals surface area contributed by atoms with Crippen molar-refractivity contribution in [2.24, 2.45) is 11.8 Å². The van der Waals surface area contributed by atoms with E-state index >= 15 is 0 Å². The fourth-order valence-corrected chi connectivity index (χ4v) is 7.75. The molecule has 2 unspecified atom stereocenters. The van der Waals surface area contributed by atoms with E-state index in [-0.39, 0.29) is 35.6 Å². The van der Waals surface area contributed by atoms with Gasteiger partial charge in [0.1, 0.15) is 6.04 Å². The summed E-state index contributed by atoms with van der Waals surface area (Å²) in [6.07, 6.45) is 9.91. The molecule has 3 amide bonds. The number of fused-ring (bicyclic) bond motifs is 2. The second-order valence-electron chi connectivity index (χ2n) is 9.30. The predicted molar refractivity (Wildman–Crippen MR) is 120 cm³/mol. The number of aliphatic hydroxyl groups excluding tert-OH is 1. The molecule has 4 aliphatic heterocycles. The van der Waals surface area contributed by atoms with Gasteiger partial charge in [-0.25, -0.2) is 0 Å². The summed E-state index contributed by atoms with van der Waals surface area (Å²) in [6, 6.07) is -1.15. The van der Waals surface area contributed by atoms with Gasteiger partial charge in [-0.3, -0.25) is 14.4 Å². The van der Waals surface area contributed by atoms with E-state index in [4.69, 9.17) is 0 Å². The average molecular weight is 448 g/mol. The summed E-state index contributed by atoms with van der Waals surface area (Å²) in [5.74, 6) is -1.42. The smallest absolute Gasteiger partial charge is 0.247 e. The number of carbonyl (C=O) groups is 3. The van der Waals surface area contributed by atoms with Crippen molar-refractivity contribution in [3.63, 3.8) is 0 Å². The second kappa shape index (κ2) is 8.28. The Morgan fingerprint density at radius 3 is 2.55 bits per heavy atom. The topological polar surface area (TPSA) is 81.2 Å².